The van der Waals surface area contributed by atoms with Gasteiger partial charge < -0.3 is 0 Å². The van der Waals surface area contributed by atoms with Gasteiger partial charge in [0, 0.05) is 11.8 Å². The fraction of sp³-hybridized carbons (Fsp3) is 0.308. The lowest BCUT2D eigenvalue weighted by Crippen LogP contribution is -1.91. The van der Waals surface area contributed by atoms with Crippen LogP contribution in [0.4, 0.5) is 0 Å². The molecule has 0 amide bonds. The zero-order valence-electron chi connectivity index (χ0n) is 9.41. The fourth-order valence-corrected chi connectivity index (χ4v) is 1.69. The first-order valence-corrected chi connectivity index (χ1v) is 5.29. The van der Waals surface area contributed by atoms with Crippen molar-refractivity contribution in [2.75, 3.05) is 0 Å². The predicted octanol–water partition coefficient (Wildman–Crippen LogP) is 3.51. The van der Waals surface area contributed by atoms with Crippen LogP contribution in [0.2, 0.25) is 0 Å². The van der Waals surface area contributed by atoms with E-state index in [0.29, 0.717) is 5.92 Å². The van der Waals surface area contributed by atoms with Gasteiger partial charge in [0.2, 0.25) is 0 Å². The van der Waals surface area contributed by atoms with Crippen LogP contribution in [0.25, 0.3) is 11.3 Å². The van der Waals surface area contributed by atoms with Gasteiger partial charge in [0.15, 0.2) is 0 Å². The summed E-state index contributed by atoms with van der Waals surface area (Å²) >= 11 is 0. The molecule has 78 valence electrons. The summed E-state index contributed by atoms with van der Waals surface area (Å²) in [5.41, 5.74) is 4.99. The molecule has 2 rings (SSSR count). The number of H-pyrrole nitrogens is 1. The van der Waals surface area contributed by atoms with Crippen molar-refractivity contribution >= 4 is 0 Å². The van der Waals surface area contributed by atoms with Crippen molar-refractivity contribution in [2.45, 2.75) is 26.7 Å². The molecule has 2 heteroatoms. The van der Waals surface area contributed by atoms with Gasteiger partial charge in [-0.3, -0.25) is 5.10 Å². The maximum absolute atomic E-state index is 3.99. The largest absolute Gasteiger partial charge is 0.278 e. The summed E-state index contributed by atoms with van der Waals surface area (Å²) in [4.78, 5) is 0. The topological polar surface area (TPSA) is 28.7 Å². The number of benzene rings is 1. The van der Waals surface area contributed by atoms with Gasteiger partial charge in [-0.05, 0) is 36.1 Å². The van der Waals surface area contributed by atoms with Crippen molar-refractivity contribution in [3.8, 4) is 11.3 Å². The molecule has 0 atom stereocenters. The second-order valence-corrected chi connectivity index (χ2v) is 4.20. The number of rotatable bonds is 2. The molecular weight excluding hydrogens is 184 g/mol. The monoisotopic (exact) mass is 200 g/mol. The Kier molecular flexibility index (Phi) is 2.58. The van der Waals surface area contributed by atoms with Crippen molar-refractivity contribution in [1.29, 1.82) is 0 Å². The maximum atomic E-state index is 3.99. The molecule has 0 fully saturated rings. The summed E-state index contributed by atoms with van der Waals surface area (Å²) in [6.07, 6.45) is 1.79. The van der Waals surface area contributed by atoms with Crippen LogP contribution >= 0.6 is 0 Å². The second kappa shape index (κ2) is 3.89. The number of hydrogen-bond donors (Lipinski definition) is 1. The molecule has 0 aliphatic rings. The van der Waals surface area contributed by atoms with Crippen molar-refractivity contribution in [3.63, 3.8) is 0 Å². The number of aromatic amines is 1. The van der Waals surface area contributed by atoms with Gasteiger partial charge in [-0.1, -0.05) is 26.0 Å². The Morgan fingerprint density at radius 3 is 2.60 bits per heavy atom. The lowest BCUT2D eigenvalue weighted by Gasteiger charge is -2.09. The summed E-state index contributed by atoms with van der Waals surface area (Å²) in [7, 11) is 0. The molecular formula is C13H16N2. The Labute approximate surface area is 90.3 Å². The molecule has 1 heterocycles. The molecule has 2 aromatic rings. The summed E-state index contributed by atoms with van der Waals surface area (Å²) in [6, 6.07) is 8.62. The predicted molar refractivity (Wildman–Crippen MR) is 62.8 cm³/mol. The summed E-state index contributed by atoms with van der Waals surface area (Å²) in [5, 5.41) is 7.00. The highest BCUT2D eigenvalue weighted by Crippen LogP contribution is 2.25. The first-order valence-electron chi connectivity index (χ1n) is 5.29. The highest BCUT2D eigenvalue weighted by atomic mass is 15.1. The molecule has 0 aliphatic carbocycles. The first kappa shape index (κ1) is 9.97. The molecule has 0 bridgehead atoms. The molecule has 1 N–H and O–H groups in total. The Morgan fingerprint density at radius 2 is 2.00 bits per heavy atom. The van der Waals surface area contributed by atoms with Gasteiger partial charge in [0.25, 0.3) is 0 Å². The van der Waals surface area contributed by atoms with Crippen LogP contribution in [0.15, 0.2) is 30.5 Å². The van der Waals surface area contributed by atoms with Crippen LogP contribution in [0.1, 0.15) is 30.9 Å². The van der Waals surface area contributed by atoms with E-state index in [0.717, 1.165) is 5.69 Å². The van der Waals surface area contributed by atoms with E-state index in [1.165, 1.54) is 16.7 Å². The van der Waals surface area contributed by atoms with Crippen molar-refractivity contribution in [2.24, 2.45) is 0 Å². The SMILES string of the molecule is Cc1ccc(C(C)C)cc1-c1ccn[nH]1. The Balaban J connectivity index is 2.51. The first-order chi connectivity index (χ1) is 7.18. The van der Waals surface area contributed by atoms with Crippen LogP contribution in [0, 0.1) is 6.92 Å². The molecule has 0 saturated carbocycles. The minimum atomic E-state index is 0.562. The number of nitrogens with one attached hydrogen (secondary N) is 1. The van der Waals surface area contributed by atoms with E-state index < -0.39 is 0 Å². The van der Waals surface area contributed by atoms with Gasteiger partial charge in [-0.15, -0.1) is 0 Å². The highest BCUT2D eigenvalue weighted by Gasteiger charge is 2.06. The molecule has 0 unspecified atom stereocenters. The molecule has 0 spiro atoms. The van der Waals surface area contributed by atoms with Crippen molar-refractivity contribution in [3.05, 3.63) is 41.6 Å². The lowest BCUT2D eigenvalue weighted by atomic mass is 9.96. The van der Waals surface area contributed by atoms with E-state index in [-0.39, 0.29) is 0 Å². The van der Waals surface area contributed by atoms with Crippen LogP contribution in [0.3, 0.4) is 0 Å². The molecule has 0 aliphatic heterocycles. The normalized spacial score (nSPS) is 10.9. The van der Waals surface area contributed by atoms with Gasteiger partial charge in [-0.25, -0.2) is 0 Å². The minimum Gasteiger partial charge on any atom is -0.278 e. The molecule has 1 aromatic heterocycles. The van der Waals surface area contributed by atoms with Gasteiger partial charge >= 0.3 is 0 Å². The molecule has 2 nitrogen and oxygen atoms in total. The number of aryl methyl sites for hydroxylation is 1. The third kappa shape index (κ3) is 1.94. The average Bonchev–Trinajstić information content (AvgIpc) is 2.71. The second-order valence-electron chi connectivity index (χ2n) is 4.20. The number of hydrogen-bond acceptors (Lipinski definition) is 1. The van der Waals surface area contributed by atoms with Gasteiger partial charge in [-0.2, -0.15) is 5.10 Å². The Hall–Kier alpha value is -1.57. The molecule has 0 radical (unpaired) electrons. The van der Waals surface area contributed by atoms with Crippen LogP contribution in [-0.4, -0.2) is 10.2 Å². The van der Waals surface area contributed by atoms with E-state index >= 15 is 0 Å². The Morgan fingerprint density at radius 1 is 1.20 bits per heavy atom. The smallest absolute Gasteiger partial charge is 0.0652 e. The zero-order chi connectivity index (χ0) is 10.8. The van der Waals surface area contributed by atoms with E-state index in [2.05, 4.69) is 49.2 Å². The van der Waals surface area contributed by atoms with Crippen molar-refractivity contribution < 1.29 is 0 Å². The van der Waals surface area contributed by atoms with E-state index in [9.17, 15) is 0 Å². The van der Waals surface area contributed by atoms with Crippen molar-refractivity contribution in [1.82, 2.24) is 10.2 Å². The standard InChI is InChI=1S/C13H16N2/c1-9(2)11-5-4-10(3)12(8-11)13-6-7-14-15-13/h4-9H,1-3H3,(H,14,15). The van der Waals surface area contributed by atoms with Gasteiger partial charge in [0.05, 0.1) is 5.69 Å². The fourth-order valence-electron chi connectivity index (χ4n) is 1.69. The highest BCUT2D eigenvalue weighted by molar-refractivity contribution is 5.64. The summed E-state index contributed by atoms with van der Waals surface area (Å²) < 4.78 is 0. The number of aromatic nitrogens is 2. The minimum absolute atomic E-state index is 0.562. The molecule has 0 saturated heterocycles. The Bertz CT molecular complexity index is 442. The van der Waals surface area contributed by atoms with E-state index in [1.807, 2.05) is 6.07 Å². The van der Waals surface area contributed by atoms with Crippen LogP contribution < -0.4 is 0 Å². The van der Waals surface area contributed by atoms with E-state index in [1.54, 1.807) is 6.20 Å². The maximum Gasteiger partial charge on any atom is 0.0652 e. The average molecular weight is 200 g/mol. The van der Waals surface area contributed by atoms with Crippen LogP contribution in [0.5, 0.6) is 0 Å². The lowest BCUT2D eigenvalue weighted by molar-refractivity contribution is 0.866. The van der Waals surface area contributed by atoms with Gasteiger partial charge in [0.1, 0.15) is 0 Å². The zero-order valence-corrected chi connectivity index (χ0v) is 9.41. The molecule has 15 heavy (non-hydrogen) atoms. The molecule has 1 aromatic carbocycles. The summed E-state index contributed by atoms with van der Waals surface area (Å²) in [5.74, 6) is 0.562. The third-order valence-electron chi connectivity index (χ3n) is 2.72. The quantitative estimate of drug-likeness (QED) is 0.789. The van der Waals surface area contributed by atoms with Crippen LogP contribution in [-0.2, 0) is 0 Å². The summed E-state index contributed by atoms with van der Waals surface area (Å²) in [6.45, 7) is 6.54. The third-order valence-corrected chi connectivity index (χ3v) is 2.72. The van der Waals surface area contributed by atoms with E-state index in [4.69, 9.17) is 0 Å². The number of nitrogens with zero attached hydrogens (tertiary/aromatic N) is 1.